The van der Waals surface area contributed by atoms with E-state index in [-0.39, 0.29) is 0 Å². The SMILES string of the molecule is CCc1ccc(Oc2cc(C)c(N)cc2Br)cc1. The summed E-state index contributed by atoms with van der Waals surface area (Å²) in [6.07, 6.45) is 1.03. The maximum absolute atomic E-state index is 5.84. The van der Waals surface area contributed by atoms with Crippen molar-refractivity contribution in [3.63, 3.8) is 0 Å². The van der Waals surface area contributed by atoms with Gasteiger partial charge in [0.15, 0.2) is 0 Å². The van der Waals surface area contributed by atoms with Gasteiger partial charge in [0.05, 0.1) is 4.47 Å². The second-order valence-corrected chi connectivity index (χ2v) is 5.09. The van der Waals surface area contributed by atoms with E-state index in [1.807, 2.05) is 31.2 Å². The Morgan fingerprint density at radius 2 is 1.83 bits per heavy atom. The van der Waals surface area contributed by atoms with Gasteiger partial charge in [0, 0.05) is 5.69 Å². The molecule has 0 spiro atoms. The summed E-state index contributed by atoms with van der Waals surface area (Å²) < 4.78 is 6.71. The Hall–Kier alpha value is -1.48. The van der Waals surface area contributed by atoms with Crippen LogP contribution in [0.3, 0.4) is 0 Å². The lowest BCUT2D eigenvalue weighted by atomic mass is 10.1. The third kappa shape index (κ3) is 2.85. The maximum atomic E-state index is 5.84. The fraction of sp³-hybridized carbons (Fsp3) is 0.200. The van der Waals surface area contributed by atoms with Crippen molar-refractivity contribution in [1.29, 1.82) is 0 Å². The van der Waals surface area contributed by atoms with Gasteiger partial charge in [-0.1, -0.05) is 19.1 Å². The van der Waals surface area contributed by atoms with Gasteiger partial charge < -0.3 is 10.5 Å². The van der Waals surface area contributed by atoms with Gasteiger partial charge in [-0.3, -0.25) is 0 Å². The number of anilines is 1. The highest BCUT2D eigenvalue weighted by Gasteiger charge is 2.06. The van der Waals surface area contributed by atoms with E-state index in [1.54, 1.807) is 0 Å². The third-order valence-corrected chi connectivity index (χ3v) is 3.50. The summed E-state index contributed by atoms with van der Waals surface area (Å²) in [7, 11) is 0. The van der Waals surface area contributed by atoms with E-state index in [4.69, 9.17) is 10.5 Å². The predicted octanol–water partition coefficient (Wildman–Crippen LogP) is 4.69. The number of ether oxygens (including phenoxy) is 1. The summed E-state index contributed by atoms with van der Waals surface area (Å²) >= 11 is 3.46. The molecule has 2 nitrogen and oxygen atoms in total. The van der Waals surface area contributed by atoms with Gasteiger partial charge in [0.2, 0.25) is 0 Å². The molecule has 0 bridgehead atoms. The van der Waals surface area contributed by atoms with Crippen molar-refractivity contribution >= 4 is 21.6 Å². The minimum atomic E-state index is 0.760. The smallest absolute Gasteiger partial charge is 0.142 e. The summed E-state index contributed by atoms with van der Waals surface area (Å²) in [6.45, 7) is 4.10. The highest BCUT2D eigenvalue weighted by atomic mass is 79.9. The molecule has 3 heteroatoms. The fourth-order valence-electron chi connectivity index (χ4n) is 1.67. The summed E-state index contributed by atoms with van der Waals surface area (Å²) in [4.78, 5) is 0. The Morgan fingerprint density at radius 1 is 1.17 bits per heavy atom. The molecule has 0 radical (unpaired) electrons. The molecule has 2 aromatic carbocycles. The number of halogens is 1. The van der Waals surface area contributed by atoms with Gasteiger partial charge in [0.1, 0.15) is 11.5 Å². The minimum absolute atomic E-state index is 0.760. The zero-order valence-corrected chi connectivity index (χ0v) is 12.1. The molecule has 0 unspecified atom stereocenters. The third-order valence-electron chi connectivity index (χ3n) is 2.88. The first-order valence-corrected chi connectivity index (χ1v) is 6.72. The van der Waals surface area contributed by atoms with Crippen LogP contribution in [0.2, 0.25) is 0 Å². The highest BCUT2D eigenvalue weighted by Crippen LogP contribution is 2.33. The van der Waals surface area contributed by atoms with Crippen molar-refractivity contribution in [2.75, 3.05) is 5.73 Å². The minimum Gasteiger partial charge on any atom is -0.456 e. The molecule has 0 fully saturated rings. The molecule has 0 aliphatic rings. The quantitative estimate of drug-likeness (QED) is 0.835. The zero-order chi connectivity index (χ0) is 13.1. The standard InChI is InChI=1S/C15H16BrNO/c1-3-11-4-6-12(7-5-11)18-15-8-10(2)14(17)9-13(15)16/h4-9H,3,17H2,1-2H3. The van der Waals surface area contributed by atoms with Crippen molar-refractivity contribution < 1.29 is 4.74 Å². The van der Waals surface area contributed by atoms with E-state index in [0.29, 0.717) is 0 Å². The number of nitrogen functional groups attached to an aromatic ring is 1. The summed E-state index contributed by atoms with van der Waals surface area (Å²) in [5.74, 6) is 1.61. The van der Waals surface area contributed by atoms with Gasteiger partial charge in [-0.15, -0.1) is 0 Å². The first-order chi connectivity index (χ1) is 8.60. The van der Waals surface area contributed by atoms with Crippen LogP contribution in [0.25, 0.3) is 0 Å². The number of hydrogen-bond donors (Lipinski definition) is 1. The number of hydrogen-bond acceptors (Lipinski definition) is 2. The molecule has 0 aromatic heterocycles. The van der Waals surface area contributed by atoms with E-state index < -0.39 is 0 Å². The van der Waals surface area contributed by atoms with Gasteiger partial charge in [0.25, 0.3) is 0 Å². The average Bonchev–Trinajstić information content (AvgIpc) is 2.37. The molecule has 0 amide bonds. The molecule has 2 rings (SSSR count). The molecule has 0 saturated carbocycles. The lowest BCUT2D eigenvalue weighted by molar-refractivity contribution is 0.479. The molecular formula is C15H16BrNO. The fourth-order valence-corrected chi connectivity index (χ4v) is 2.11. The topological polar surface area (TPSA) is 35.2 Å². The van der Waals surface area contributed by atoms with Crippen molar-refractivity contribution in [2.45, 2.75) is 20.3 Å². The first-order valence-electron chi connectivity index (χ1n) is 5.92. The number of aryl methyl sites for hydroxylation is 2. The zero-order valence-electron chi connectivity index (χ0n) is 10.5. The summed E-state index contributed by atoms with van der Waals surface area (Å²) in [5, 5.41) is 0. The molecule has 0 heterocycles. The first kappa shape index (κ1) is 13.0. The van der Waals surface area contributed by atoms with Crippen molar-refractivity contribution in [1.82, 2.24) is 0 Å². The van der Waals surface area contributed by atoms with Crippen LogP contribution in [0, 0.1) is 6.92 Å². The van der Waals surface area contributed by atoms with Crippen LogP contribution in [-0.4, -0.2) is 0 Å². The van der Waals surface area contributed by atoms with E-state index in [2.05, 4.69) is 35.0 Å². The van der Waals surface area contributed by atoms with Crippen molar-refractivity contribution in [3.05, 3.63) is 52.0 Å². The second-order valence-electron chi connectivity index (χ2n) is 4.24. The van der Waals surface area contributed by atoms with Crippen LogP contribution in [0.1, 0.15) is 18.1 Å². The molecular weight excluding hydrogens is 290 g/mol. The van der Waals surface area contributed by atoms with Crippen LogP contribution >= 0.6 is 15.9 Å². The normalized spacial score (nSPS) is 10.4. The van der Waals surface area contributed by atoms with Crippen molar-refractivity contribution in [2.24, 2.45) is 0 Å². The Labute approximate surface area is 116 Å². The van der Waals surface area contributed by atoms with Gasteiger partial charge in [-0.2, -0.15) is 0 Å². The molecule has 0 aliphatic carbocycles. The Morgan fingerprint density at radius 3 is 2.44 bits per heavy atom. The van der Waals surface area contributed by atoms with E-state index in [9.17, 15) is 0 Å². The summed E-state index contributed by atoms with van der Waals surface area (Å²) in [6, 6.07) is 11.9. The van der Waals surface area contributed by atoms with Crippen LogP contribution < -0.4 is 10.5 Å². The molecule has 94 valence electrons. The van der Waals surface area contributed by atoms with Gasteiger partial charge in [-0.05, 0) is 64.7 Å². The van der Waals surface area contributed by atoms with Gasteiger partial charge in [-0.25, -0.2) is 0 Å². The lowest BCUT2D eigenvalue weighted by Crippen LogP contribution is -1.92. The molecule has 0 saturated heterocycles. The second kappa shape index (κ2) is 5.44. The lowest BCUT2D eigenvalue weighted by Gasteiger charge is -2.10. The van der Waals surface area contributed by atoms with Crippen LogP contribution in [0.4, 0.5) is 5.69 Å². The number of benzene rings is 2. The molecule has 2 N–H and O–H groups in total. The van der Waals surface area contributed by atoms with E-state index >= 15 is 0 Å². The Balaban J connectivity index is 2.25. The van der Waals surface area contributed by atoms with Crippen LogP contribution in [0.5, 0.6) is 11.5 Å². The number of rotatable bonds is 3. The van der Waals surface area contributed by atoms with E-state index in [1.165, 1.54) is 5.56 Å². The van der Waals surface area contributed by atoms with Gasteiger partial charge >= 0.3 is 0 Å². The van der Waals surface area contributed by atoms with Crippen LogP contribution in [-0.2, 0) is 6.42 Å². The largest absolute Gasteiger partial charge is 0.456 e. The molecule has 18 heavy (non-hydrogen) atoms. The van der Waals surface area contributed by atoms with Crippen molar-refractivity contribution in [3.8, 4) is 11.5 Å². The molecule has 0 aliphatic heterocycles. The Kier molecular flexibility index (Phi) is 3.92. The number of nitrogens with two attached hydrogens (primary N) is 1. The van der Waals surface area contributed by atoms with E-state index in [0.717, 1.165) is 33.6 Å². The predicted molar refractivity (Wildman–Crippen MR) is 79.2 cm³/mol. The average molecular weight is 306 g/mol. The maximum Gasteiger partial charge on any atom is 0.142 e. The Bertz CT molecular complexity index is 549. The summed E-state index contributed by atoms with van der Waals surface area (Å²) in [5.41, 5.74) is 8.91. The highest BCUT2D eigenvalue weighted by molar-refractivity contribution is 9.10. The monoisotopic (exact) mass is 305 g/mol. The van der Waals surface area contributed by atoms with Crippen LogP contribution in [0.15, 0.2) is 40.9 Å². The molecule has 2 aromatic rings. The molecule has 0 atom stereocenters.